The Labute approximate surface area is 140 Å². The summed E-state index contributed by atoms with van der Waals surface area (Å²) in [5.41, 5.74) is 3.64. The van der Waals surface area contributed by atoms with E-state index in [0.29, 0.717) is 23.1 Å². The molecular weight excluding hydrogens is 320 g/mol. The number of hydrogen-bond acceptors (Lipinski definition) is 5. The van der Waals surface area contributed by atoms with E-state index in [-0.39, 0.29) is 12.6 Å². The van der Waals surface area contributed by atoms with Gasteiger partial charge in [-0.05, 0) is 51.5 Å². The SMILES string of the molecule is CCOC(=O)[C@H](C)/C(C)=N\NC(=O)COc1ccc(Cl)cc1C. The van der Waals surface area contributed by atoms with Gasteiger partial charge in [-0.15, -0.1) is 0 Å². The molecule has 1 atom stereocenters. The molecule has 0 unspecified atom stereocenters. The number of esters is 1. The largest absolute Gasteiger partial charge is 0.483 e. The molecule has 0 radical (unpaired) electrons. The molecule has 6 nitrogen and oxygen atoms in total. The minimum atomic E-state index is -0.519. The van der Waals surface area contributed by atoms with Crippen molar-refractivity contribution in [2.24, 2.45) is 11.0 Å². The van der Waals surface area contributed by atoms with Crippen molar-refractivity contribution in [1.82, 2.24) is 5.43 Å². The predicted octanol–water partition coefficient (Wildman–Crippen LogP) is 2.72. The average Bonchev–Trinajstić information content (AvgIpc) is 2.51. The number of carbonyl (C=O) groups is 2. The van der Waals surface area contributed by atoms with Crippen molar-refractivity contribution >= 4 is 29.2 Å². The molecule has 1 aromatic carbocycles. The molecule has 0 heterocycles. The molecule has 7 heteroatoms. The van der Waals surface area contributed by atoms with Crippen molar-refractivity contribution in [2.45, 2.75) is 27.7 Å². The highest BCUT2D eigenvalue weighted by Crippen LogP contribution is 2.21. The molecule has 1 N–H and O–H groups in total. The third-order valence-electron chi connectivity index (χ3n) is 3.12. The molecule has 0 fully saturated rings. The monoisotopic (exact) mass is 340 g/mol. The topological polar surface area (TPSA) is 77.0 Å². The van der Waals surface area contributed by atoms with Gasteiger partial charge in [0.25, 0.3) is 5.91 Å². The molecule has 0 saturated heterocycles. The predicted molar refractivity (Wildman–Crippen MR) is 88.7 cm³/mol. The van der Waals surface area contributed by atoms with Crippen LogP contribution in [0.25, 0.3) is 0 Å². The summed E-state index contributed by atoms with van der Waals surface area (Å²) in [7, 11) is 0. The normalized spacial score (nSPS) is 12.5. The fourth-order valence-electron chi connectivity index (χ4n) is 1.64. The lowest BCUT2D eigenvalue weighted by atomic mass is 10.1. The van der Waals surface area contributed by atoms with E-state index in [1.807, 2.05) is 6.92 Å². The second-order valence-electron chi connectivity index (χ2n) is 4.96. The first-order chi connectivity index (χ1) is 10.8. The van der Waals surface area contributed by atoms with E-state index in [2.05, 4.69) is 10.5 Å². The molecular formula is C16H21ClN2O4. The fourth-order valence-corrected chi connectivity index (χ4v) is 1.86. The van der Waals surface area contributed by atoms with E-state index in [1.165, 1.54) is 0 Å². The van der Waals surface area contributed by atoms with Crippen LogP contribution in [0, 0.1) is 12.8 Å². The van der Waals surface area contributed by atoms with Crippen molar-refractivity contribution in [3.8, 4) is 5.75 Å². The molecule has 1 aromatic rings. The highest BCUT2D eigenvalue weighted by molar-refractivity contribution is 6.30. The maximum Gasteiger partial charge on any atom is 0.314 e. The first-order valence-electron chi connectivity index (χ1n) is 7.23. The van der Waals surface area contributed by atoms with Crippen LogP contribution < -0.4 is 10.2 Å². The minimum absolute atomic E-state index is 0.187. The van der Waals surface area contributed by atoms with Crippen LogP contribution in [0.15, 0.2) is 23.3 Å². The van der Waals surface area contributed by atoms with E-state index in [1.54, 1.807) is 39.0 Å². The van der Waals surface area contributed by atoms with Gasteiger partial charge < -0.3 is 9.47 Å². The summed E-state index contributed by atoms with van der Waals surface area (Å²) in [6, 6.07) is 5.13. The number of rotatable bonds is 7. The Morgan fingerprint density at radius 2 is 2.09 bits per heavy atom. The van der Waals surface area contributed by atoms with Crippen LogP contribution in [0.4, 0.5) is 0 Å². The first-order valence-corrected chi connectivity index (χ1v) is 7.61. The highest BCUT2D eigenvalue weighted by atomic mass is 35.5. The number of halogens is 1. The van der Waals surface area contributed by atoms with E-state index in [0.717, 1.165) is 5.56 Å². The number of benzene rings is 1. The molecule has 0 spiro atoms. The van der Waals surface area contributed by atoms with Crippen LogP contribution in [-0.2, 0) is 14.3 Å². The molecule has 0 bridgehead atoms. The lowest BCUT2D eigenvalue weighted by Gasteiger charge is -2.11. The summed E-state index contributed by atoms with van der Waals surface area (Å²) in [5, 5.41) is 4.50. The Morgan fingerprint density at radius 1 is 1.39 bits per heavy atom. The van der Waals surface area contributed by atoms with Crippen molar-refractivity contribution in [3.63, 3.8) is 0 Å². The summed E-state index contributed by atoms with van der Waals surface area (Å²) in [6.45, 7) is 6.99. The Balaban J connectivity index is 2.50. The number of hydrazone groups is 1. The summed E-state index contributed by atoms with van der Waals surface area (Å²) < 4.78 is 10.3. The number of nitrogens with zero attached hydrogens (tertiary/aromatic N) is 1. The second kappa shape index (κ2) is 9.15. The number of aryl methyl sites for hydroxylation is 1. The van der Waals surface area contributed by atoms with Crippen LogP contribution >= 0.6 is 11.6 Å². The molecule has 1 amide bonds. The summed E-state index contributed by atoms with van der Waals surface area (Å²) >= 11 is 5.85. The third kappa shape index (κ3) is 6.28. The highest BCUT2D eigenvalue weighted by Gasteiger charge is 2.17. The zero-order valence-electron chi connectivity index (χ0n) is 13.7. The number of ether oxygens (including phenoxy) is 2. The van der Waals surface area contributed by atoms with Gasteiger partial charge in [0.2, 0.25) is 0 Å². The molecule has 1 rings (SSSR count). The molecule has 0 aliphatic carbocycles. The van der Waals surface area contributed by atoms with E-state index in [9.17, 15) is 9.59 Å². The van der Waals surface area contributed by atoms with E-state index < -0.39 is 11.8 Å². The van der Waals surface area contributed by atoms with Crippen molar-refractivity contribution in [3.05, 3.63) is 28.8 Å². The van der Waals surface area contributed by atoms with Crippen LogP contribution in [0.5, 0.6) is 5.75 Å². The van der Waals surface area contributed by atoms with Crippen molar-refractivity contribution in [1.29, 1.82) is 0 Å². The zero-order valence-corrected chi connectivity index (χ0v) is 14.4. The van der Waals surface area contributed by atoms with Crippen LogP contribution in [0.2, 0.25) is 5.02 Å². The van der Waals surface area contributed by atoms with Gasteiger partial charge in [0.1, 0.15) is 5.75 Å². The summed E-state index contributed by atoms with van der Waals surface area (Å²) in [5.74, 6) is -0.745. The van der Waals surface area contributed by atoms with Gasteiger partial charge in [-0.1, -0.05) is 11.6 Å². The summed E-state index contributed by atoms with van der Waals surface area (Å²) in [6.07, 6.45) is 0. The fraction of sp³-hybridized carbons (Fsp3) is 0.438. The van der Waals surface area contributed by atoms with Gasteiger partial charge in [-0.2, -0.15) is 5.10 Å². The minimum Gasteiger partial charge on any atom is -0.483 e. The first kappa shape index (κ1) is 19.0. The Bertz CT molecular complexity index is 602. The Morgan fingerprint density at radius 3 is 2.70 bits per heavy atom. The van der Waals surface area contributed by atoms with Crippen molar-refractivity contribution in [2.75, 3.05) is 13.2 Å². The number of carbonyl (C=O) groups excluding carboxylic acids is 2. The van der Waals surface area contributed by atoms with Gasteiger partial charge in [-0.25, -0.2) is 5.43 Å². The van der Waals surface area contributed by atoms with Gasteiger partial charge in [0, 0.05) is 10.7 Å². The summed E-state index contributed by atoms with van der Waals surface area (Å²) in [4.78, 5) is 23.3. The van der Waals surface area contributed by atoms with Crippen molar-refractivity contribution < 1.29 is 19.1 Å². The smallest absolute Gasteiger partial charge is 0.314 e. The van der Waals surface area contributed by atoms with E-state index >= 15 is 0 Å². The standard InChI is InChI=1S/C16H21ClN2O4/c1-5-22-16(21)11(3)12(4)18-19-15(20)9-23-14-7-6-13(17)8-10(14)2/h6-8,11H,5,9H2,1-4H3,(H,19,20)/b18-12-/t11-/m1/s1. The average molecular weight is 341 g/mol. The number of amides is 1. The number of hydrogen-bond donors (Lipinski definition) is 1. The third-order valence-corrected chi connectivity index (χ3v) is 3.35. The maximum atomic E-state index is 11.7. The maximum absolute atomic E-state index is 11.7. The number of nitrogens with one attached hydrogen (secondary N) is 1. The van der Waals surface area contributed by atoms with Gasteiger partial charge in [-0.3, -0.25) is 9.59 Å². The lowest BCUT2D eigenvalue weighted by Crippen LogP contribution is -2.28. The molecule has 23 heavy (non-hydrogen) atoms. The van der Waals surface area contributed by atoms with Gasteiger partial charge in [0.05, 0.1) is 12.5 Å². The van der Waals surface area contributed by atoms with Crippen LogP contribution in [0.3, 0.4) is 0 Å². The van der Waals surface area contributed by atoms with Gasteiger partial charge in [0.15, 0.2) is 6.61 Å². The second-order valence-corrected chi connectivity index (χ2v) is 5.40. The van der Waals surface area contributed by atoms with E-state index in [4.69, 9.17) is 21.1 Å². The molecule has 126 valence electrons. The molecule has 0 saturated carbocycles. The molecule has 0 aromatic heterocycles. The van der Waals surface area contributed by atoms with Crippen LogP contribution in [-0.4, -0.2) is 30.8 Å². The molecule has 0 aliphatic rings. The Hall–Kier alpha value is -2.08. The molecule has 0 aliphatic heterocycles. The van der Waals surface area contributed by atoms with Gasteiger partial charge >= 0.3 is 5.97 Å². The quantitative estimate of drug-likeness (QED) is 0.470. The lowest BCUT2D eigenvalue weighted by molar-refractivity contribution is -0.145. The Kier molecular flexibility index (Phi) is 7.54. The van der Waals surface area contributed by atoms with Crippen LogP contribution in [0.1, 0.15) is 26.3 Å². The zero-order chi connectivity index (χ0) is 17.4.